The van der Waals surface area contributed by atoms with Crippen LogP contribution < -0.4 is 0 Å². The Morgan fingerprint density at radius 1 is 1.31 bits per heavy atom. The van der Waals surface area contributed by atoms with Crippen LogP contribution in [0.2, 0.25) is 0 Å². The van der Waals surface area contributed by atoms with Crippen LogP contribution in [-0.2, 0) is 0 Å². The van der Waals surface area contributed by atoms with Crippen molar-refractivity contribution in [1.29, 1.82) is 5.41 Å². The summed E-state index contributed by atoms with van der Waals surface area (Å²) in [4.78, 5) is 0. The Bertz CT molecular complexity index is 226. The number of allylic oxidation sites excluding steroid dienone is 3. The van der Waals surface area contributed by atoms with E-state index < -0.39 is 0 Å². The molecule has 0 amide bonds. The van der Waals surface area contributed by atoms with Crippen molar-refractivity contribution in [2.45, 2.75) is 53.1 Å². The smallest absolute Gasteiger partial charge is 0.0352 e. The van der Waals surface area contributed by atoms with Gasteiger partial charge in [0.15, 0.2) is 0 Å². The molecular formula is C14H28NP. The third-order valence-electron chi connectivity index (χ3n) is 1.66. The van der Waals surface area contributed by atoms with E-state index in [4.69, 9.17) is 5.41 Å². The maximum absolute atomic E-state index is 7.51. The lowest BCUT2D eigenvalue weighted by atomic mass is 10.2. The number of hydrogen-bond donors (Lipinski definition) is 1. The van der Waals surface area contributed by atoms with Gasteiger partial charge in [-0.15, -0.1) is 9.24 Å². The Morgan fingerprint density at radius 3 is 2.00 bits per heavy atom. The Morgan fingerprint density at radius 2 is 1.75 bits per heavy atom. The minimum absolute atomic E-state index is 0.582. The van der Waals surface area contributed by atoms with Gasteiger partial charge in [-0.2, -0.15) is 0 Å². The summed E-state index contributed by atoms with van der Waals surface area (Å²) in [7, 11) is 2.75. The lowest BCUT2D eigenvalue weighted by Crippen LogP contribution is -1.89. The summed E-state index contributed by atoms with van der Waals surface area (Å²) in [5, 5.41) is 7.51. The molecule has 0 aliphatic heterocycles. The van der Waals surface area contributed by atoms with E-state index in [1.54, 1.807) is 6.08 Å². The molecule has 0 heterocycles. The van der Waals surface area contributed by atoms with E-state index in [-0.39, 0.29) is 0 Å². The SMILES string of the molecule is C=C/C=C1/CC(P)CC1=N.CC.CC(C)C. The average molecular weight is 241 g/mol. The van der Waals surface area contributed by atoms with E-state index in [0.29, 0.717) is 5.66 Å². The van der Waals surface area contributed by atoms with E-state index >= 15 is 0 Å². The predicted octanol–water partition coefficient (Wildman–Crippen LogP) is 4.84. The summed E-state index contributed by atoms with van der Waals surface area (Å²) in [5.41, 5.74) is 2.51. The molecule has 1 rings (SSSR count). The van der Waals surface area contributed by atoms with Crippen LogP contribution >= 0.6 is 9.24 Å². The van der Waals surface area contributed by atoms with Gasteiger partial charge in [-0.3, -0.25) is 0 Å². The quantitative estimate of drug-likeness (QED) is 0.635. The highest BCUT2D eigenvalue weighted by Crippen LogP contribution is 2.27. The van der Waals surface area contributed by atoms with Gasteiger partial charge in [-0.05, 0) is 30.0 Å². The highest BCUT2D eigenvalue weighted by atomic mass is 31.0. The van der Waals surface area contributed by atoms with E-state index in [0.717, 1.165) is 30.0 Å². The fourth-order valence-corrected chi connectivity index (χ4v) is 1.67. The molecule has 2 atom stereocenters. The Balaban J connectivity index is 0. The van der Waals surface area contributed by atoms with Gasteiger partial charge < -0.3 is 5.41 Å². The van der Waals surface area contributed by atoms with Crippen LogP contribution in [0.25, 0.3) is 0 Å². The van der Waals surface area contributed by atoms with Crippen LogP contribution in [-0.4, -0.2) is 11.4 Å². The molecule has 0 spiro atoms. The van der Waals surface area contributed by atoms with Gasteiger partial charge in [-0.1, -0.05) is 53.3 Å². The third-order valence-corrected chi connectivity index (χ3v) is 2.13. The Hall–Kier alpha value is -0.420. The topological polar surface area (TPSA) is 23.9 Å². The molecule has 1 fully saturated rings. The molecule has 94 valence electrons. The molecule has 0 saturated heterocycles. The minimum Gasteiger partial charge on any atom is -0.305 e. The third kappa shape index (κ3) is 10.1. The summed E-state index contributed by atoms with van der Waals surface area (Å²) in [6.07, 6.45) is 5.62. The largest absolute Gasteiger partial charge is 0.305 e. The van der Waals surface area contributed by atoms with Gasteiger partial charge in [0.2, 0.25) is 0 Å². The predicted molar refractivity (Wildman–Crippen MR) is 80.6 cm³/mol. The van der Waals surface area contributed by atoms with Crippen molar-refractivity contribution in [2.24, 2.45) is 5.92 Å². The van der Waals surface area contributed by atoms with Crippen molar-refractivity contribution in [2.75, 3.05) is 0 Å². The molecule has 1 aliphatic rings. The lowest BCUT2D eigenvalue weighted by Gasteiger charge is -1.92. The van der Waals surface area contributed by atoms with Gasteiger partial charge in [-0.25, -0.2) is 0 Å². The molecule has 1 saturated carbocycles. The first-order valence-corrected chi connectivity index (χ1v) is 6.79. The van der Waals surface area contributed by atoms with E-state index in [9.17, 15) is 0 Å². The molecule has 0 aromatic rings. The van der Waals surface area contributed by atoms with Crippen molar-refractivity contribution in [1.82, 2.24) is 0 Å². The van der Waals surface area contributed by atoms with Crippen LogP contribution in [0.3, 0.4) is 0 Å². The zero-order chi connectivity index (χ0) is 13.1. The van der Waals surface area contributed by atoms with Crippen LogP contribution in [0.5, 0.6) is 0 Å². The molecule has 0 aromatic carbocycles. The minimum atomic E-state index is 0.582. The fraction of sp³-hybridized carbons (Fsp3) is 0.643. The molecule has 1 aliphatic carbocycles. The summed E-state index contributed by atoms with van der Waals surface area (Å²) in [6, 6.07) is 0. The summed E-state index contributed by atoms with van der Waals surface area (Å²) < 4.78 is 0. The molecule has 2 heteroatoms. The molecular weight excluding hydrogens is 213 g/mol. The van der Waals surface area contributed by atoms with Crippen molar-refractivity contribution in [3.05, 3.63) is 24.3 Å². The van der Waals surface area contributed by atoms with Gasteiger partial charge in [0.05, 0.1) is 0 Å². The molecule has 2 unspecified atom stereocenters. The van der Waals surface area contributed by atoms with E-state index in [1.807, 2.05) is 19.9 Å². The highest BCUT2D eigenvalue weighted by molar-refractivity contribution is 7.17. The van der Waals surface area contributed by atoms with Crippen LogP contribution in [0.1, 0.15) is 47.5 Å². The number of rotatable bonds is 1. The van der Waals surface area contributed by atoms with Crippen molar-refractivity contribution < 1.29 is 0 Å². The first-order valence-electron chi connectivity index (χ1n) is 6.12. The molecule has 0 bridgehead atoms. The van der Waals surface area contributed by atoms with Crippen LogP contribution in [0.15, 0.2) is 24.3 Å². The highest BCUT2D eigenvalue weighted by Gasteiger charge is 2.19. The number of hydrogen-bond acceptors (Lipinski definition) is 1. The second-order valence-electron chi connectivity index (χ2n) is 4.31. The summed E-state index contributed by atoms with van der Waals surface area (Å²) in [5.74, 6) is 0.833. The molecule has 1 N–H and O–H groups in total. The number of nitrogens with one attached hydrogen (secondary N) is 1. The zero-order valence-corrected chi connectivity index (χ0v) is 12.7. The molecule has 1 nitrogen and oxygen atoms in total. The van der Waals surface area contributed by atoms with Gasteiger partial charge >= 0.3 is 0 Å². The van der Waals surface area contributed by atoms with Crippen molar-refractivity contribution >= 4 is 15.0 Å². The standard InChI is InChI=1S/C8H12NP.C4H10.C2H6/c1-2-3-6-4-7(10)5-8(6)9;1-4(2)3;1-2/h2-3,7,9H,1,4-5,10H2;4H,1-3H3;1-2H3/b6-3-,9-8?;;. The molecule has 0 radical (unpaired) electrons. The normalized spacial score (nSPS) is 21.1. The first-order chi connectivity index (χ1) is 7.47. The Kier molecular flexibility index (Phi) is 12.4. The fourth-order valence-electron chi connectivity index (χ4n) is 1.18. The maximum Gasteiger partial charge on any atom is 0.0352 e. The maximum atomic E-state index is 7.51. The van der Waals surface area contributed by atoms with Gasteiger partial charge in [0.25, 0.3) is 0 Å². The second kappa shape index (κ2) is 11.1. The zero-order valence-electron chi connectivity index (χ0n) is 11.5. The van der Waals surface area contributed by atoms with Crippen molar-refractivity contribution in [3.8, 4) is 0 Å². The first kappa shape index (κ1) is 18.0. The lowest BCUT2D eigenvalue weighted by molar-refractivity contribution is 0.737. The van der Waals surface area contributed by atoms with Crippen molar-refractivity contribution in [3.63, 3.8) is 0 Å². The van der Waals surface area contributed by atoms with Crippen LogP contribution in [0.4, 0.5) is 0 Å². The molecule has 16 heavy (non-hydrogen) atoms. The Labute approximate surface area is 104 Å². The molecule has 0 aromatic heterocycles. The monoisotopic (exact) mass is 241 g/mol. The van der Waals surface area contributed by atoms with Gasteiger partial charge in [0.1, 0.15) is 0 Å². The average Bonchev–Trinajstić information content (AvgIpc) is 2.48. The van der Waals surface area contributed by atoms with E-state index in [2.05, 4.69) is 36.6 Å². The van der Waals surface area contributed by atoms with Gasteiger partial charge in [0, 0.05) is 5.71 Å². The van der Waals surface area contributed by atoms with Crippen LogP contribution in [0, 0.1) is 11.3 Å². The summed E-state index contributed by atoms with van der Waals surface area (Å²) in [6.45, 7) is 14.1. The second-order valence-corrected chi connectivity index (χ2v) is 5.25. The summed E-state index contributed by atoms with van der Waals surface area (Å²) >= 11 is 0. The van der Waals surface area contributed by atoms with E-state index in [1.165, 1.54) is 0 Å².